The predicted molar refractivity (Wildman–Crippen MR) is 63.2 cm³/mol. The van der Waals surface area contributed by atoms with Gasteiger partial charge in [0, 0.05) is 30.9 Å². The maximum atomic E-state index is 11.5. The smallest absolute Gasteiger partial charge is 0.250 e. The summed E-state index contributed by atoms with van der Waals surface area (Å²) in [6, 6.07) is 5.89. The summed E-state index contributed by atoms with van der Waals surface area (Å²) in [5, 5.41) is 3.38. The summed E-state index contributed by atoms with van der Waals surface area (Å²) in [5.41, 5.74) is 1.11. The molecular weight excluding hydrogens is 188 g/mol. The summed E-state index contributed by atoms with van der Waals surface area (Å²) in [6.45, 7) is 7.86. The van der Waals surface area contributed by atoms with Crippen molar-refractivity contribution in [3.8, 4) is 0 Å². The van der Waals surface area contributed by atoms with Gasteiger partial charge in [-0.2, -0.15) is 0 Å². The molecule has 15 heavy (non-hydrogen) atoms. The highest BCUT2D eigenvalue weighted by Crippen LogP contribution is 1.93. The zero-order chi connectivity index (χ0) is 11.3. The molecule has 1 heterocycles. The number of pyridine rings is 1. The van der Waals surface area contributed by atoms with Crippen LogP contribution in [0.2, 0.25) is 0 Å². The van der Waals surface area contributed by atoms with Crippen LogP contribution in [0, 0.1) is 6.92 Å². The highest BCUT2D eigenvalue weighted by atomic mass is 16.1. The van der Waals surface area contributed by atoms with Gasteiger partial charge in [0.05, 0.1) is 0 Å². The van der Waals surface area contributed by atoms with Crippen LogP contribution in [0.25, 0.3) is 0 Å². The average Bonchev–Trinajstić information content (AvgIpc) is 2.22. The molecule has 1 atom stereocenters. The first-order valence-electron chi connectivity index (χ1n) is 5.55. The van der Waals surface area contributed by atoms with E-state index in [1.54, 1.807) is 16.7 Å². The van der Waals surface area contributed by atoms with E-state index in [-0.39, 0.29) is 5.56 Å². The van der Waals surface area contributed by atoms with Crippen LogP contribution in [-0.2, 0) is 6.54 Å². The van der Waals surface area contributed by atoms with Gasteiger partial charge in [0.2, 0.25) is 0 Å². The Hall–Kier alpha value is -1.09. The normalized spacial score (nSPS) is 12.7. The fraction of sp³-hybridized carbons (Fsp3) is 0.583. The van der Waals surface area contributed by atoms with Gasteiger partial charge in [-0.15, -0.1) is 0 Å². The fourth-order valence-corrected chi connectivity index (χ4v) is 1.48. The molecule has 0 aliphatic rings. The predicted octanol–water partition coefficient (Wildman–Crippen LogP) is 1.54. The van der Waals surface area contributed by atoms with E-state index in [2.05, 4.69) is 19.2 Å². The molecule has 84 valence electrons. The molecule has 0 fully saturated rings. The molecule has 1 aromatic rings. The zero-order valence-corrected chi connectivity index (χ0v) is 9.79. The molecule has 1 aromatic heterocycles. The quantitative estimate of drug-likeness (QED) is 0.796. The number of rotatable bonds is 5. The van der Waals surface area contributed by atoms with Crippen LogP contribution in [0.4, 0.5) is 0 Å². The lowest BCUT2D eigenvalue weighted by Gasteiger charge is -2.13. The van der Waals surface area contributed by atoms with Gasteiger partial charge in [-0.05, 0) is 26.3 Å². The topological polar surface area (TPSA) is 34.0 Å². The summed E-state index contributed by atoms with van der Waals surface area (Å²) < 4.78 is 1.80. The van der Waals surface area contributed by atoms with Gasteiger partial charge in [-0.25, -0.2) is 0 Å². The first-order valence-corrected chi connectivity index (χ1v) is 5.55. The summed E-state index contributed by atoms with van der Waals surface area (Å²) in [4.78, 5) is 11.5. The number of aryl methyl sites for hydroxylation is 1. The highest BCUT2D eigenvalue weighted by molar-refractivity contribution is 5.04. The van der Waals surface area contributed by atoms with Crippen LogP contribution < -0.4 is 10.9 Å². The molecule has 3 nitrogen and oxygen atoms in total. The van der Waals surface area contributed by atoms with Gasteiger partial charge in [0.25, 0.3) is 5.56 Å². The standard InChI is InChI=1S/C12H20N2O/c1-4-10(2)13-8-9-14-11(3)6-5-7-12(14)15/h5-7,10,13H,4,8-9H2,1-3H3. The average molecular weight is 208 g/mol. The number of nitrogens with one attached hydrogen (secondary N) is 1. The molecule has 0 aromatic carbocycles. The number of hydrogen-bond acceptors (Lipinski definition) is 2. The minimum atomic E-state index is 0.0842. The molecular formula is C12H20N2O. The Morgan fingerprint density at radius 1 is 1.47 bits per heavy atom. The van der Waals surface area contributed by atoms with Crippen molar-refractivity contribution in [3.63, 3.8) is 0 Å². The molecule has 0 saturated carbocycles. The monoisotopic (exact) mass is 208 g/mol. The second-order valence-corrected chi connectivity index (χ2v) is 3.92. The van der Waals surface area contributed by atoms with Crippen molar-refractivity contribution < 1.29 is 0 Å². The molecule has 1 N–H and O–H groups in total. The van der Waals surface area contributed by atoms with Crippen molar-refractivity contribution in [3.05, 3.63) is 34.2 Å². The van der Waals surface area contributed by atoms with Gasteiger partial charge in [0.1, 0.15) is 0 Å². The van der Waals surface area contributed by atoms with Crippen molar-refractivity contribution in [2.75, 3.05) is 6.54 Å². The van der Waals surface area contributed by atoms with E-state index in [1.165, 1.54) is 0 Å². The molecule has 0 aliphatic heterocycles. The lowest BCUT2D eigenvalue weighted by atomic mass is 10.2. The third-order valence-corrected chi connectivity index (χ3v) is 2.71. The molecule has 0 amide bonds. The van der Waals surface area contributed by atoms with Crippen LogP contribution in [0.3, 0.4) is 0 Å². The maximum absolute atomic E-state index is 11.5. The van der Waals surface area contributed by atoms with Gasteiger partial charge in [-0.1, -0.05) is 13.0 Å². The molecule has 1 rings (SSSR count). The second-order valence-electron chi connectivity index (χ2n) is 3.92. The van der Waals surface area contributed by atoms with E-state index in [1.807, 2.05) is 13.0 Å². The molecule has 1 unspecified atom stereocenters. The van der Waals surface area contributed by atoms with E-state index >= 15 is 0 Å². The largest absolute Gasteiger partial charge is 0.312 e. The van der Waals surface area contributed by atoms with Crippen LogP contribution >= 0.6 is 0 Å². The minimum Gasteiger partial charge on any atom is -0.312 e. The van der Waals surface area contributed by atoms with Crippen molar-refractivity contribution >= 4 is 0 Å². The third kappa shape index (κ3) is 3.51. The van der Waals surface area contributed by atoms with Crippen LogP contribution in [-0.4, -0.2) is 17.2 Å². The first-order chi connectivity index (χ1) is 7.15. The van der Waals surface area contributed by atoms with Gasteiger partial charge in [-0.3, -0.25) is 4.79 Å². The summed E-state index contributed by atoms with van der Waals surface area (Å²) in [7, 11) is 0. The van der Waals surface area contributed by atoms with Crippen molar-refractivity contribution in [2.24, 2.45) is 0 Å². The summed E-state index contributed by atoms with van der Waals surface area (Å²) in [5.74, 6) is 0. The Morgan fingerprint density at radius 3 is 2.80 bits per heavy atom. The Kier molecular flexibility index (Phi) is 4.56. The second kappa shape index (κ2) is 5.71. The highest BCUT2D eigenvalue weighted by Gasteiger charge is 2.00. The Balaban J connectivity index is 2.54. The lowest BCUT2D eigenvalue weighted by Crippen LogP contribution is -2.32. The van der Waals surface area contributed by atoms with Gasteiger partial charge in [0.15, 0.2) is 0 Å². The minimum absolute atomic E-state index is 0.0842. The van der Waals surface area contributed by atoms with Crippen LogP contribution in [0.1, 0.15) is 26.0 Å². The lowest BCUT2D eigenvalue weighted by molar-refractivity contribution is 0.496. The first kappa shape index (κ1) is 12.0. The molecule has 0 saturated heterocycles. The Bertz CT molecular complexity index is 357. The number of aromatic nitrogens is 1. The van der Waals surface area contributed by atoms with Crippen molar-refractivity contribution in [1.82, 2.24) is 9.88 Å². The molecule has 0 spiro atoms. The van der Waals surface area contributed by atoms with Crippen LogP contribution in [0.15, 0.2) is 23.0 Å². The molecule has 0 radical (unpaired) electrons. The fourth-order valence-electron chi connectivity index (χ4n) is 1.48. The SMILES string of the molecule is CCC(C)NCCn1c(C)cccc1=O. The molecule has 0 bridgehead atoms. The van der Waals surface area contributed by atoms with E-state index < -0.39 is 0 Å². The maximum Gasteiger partial charge on any atom is 0.250 e. The Morgan fingerprint density at radius 2 is 2.20 bits per heavy atom. The Labute approximate surface area is 91.1 Å². The number of nitrogens with zero attached hydrogens (tertiary/aromatic N) is 1. The van der Waals surface area contributed by atoms with Crippen LogP contribution in [0.5, 0.6) is 0 Å². The van der Waals surface area contributed by atoms with Crippen molar-refractivity contribution in [2.45, 2.75) is 39.8 Å². The molecule has 3 heteroatoms. The summed E-state index contributed by atoms with van der Waals surface area (Å²) in [6.07, 6.45) is 1.11. The van der Waals surface area contributed by atoms with E-state index in [9.17, 15) is 4.79 Å². The number of hydrogen-bond donors (Lipinski definition) is 1. The van der Waals surface area contributed by atoms with Gasteiger partial charge >= 0.3 is 0 Å². The van der Waals surface area contributed by atoms with E-state index in [0.717, 1.165) is 25.2 Å². The van der Waals surface area contributed by atoms with Gasteiger partial charge < -0.3 is 9.88 Å². The molecule has 0 aliphatic carbocycles. The zero-order valence-electron chi connectivity index (χ0n) is 9.79. The third-order valence-electron chi connectivity index (χ3n) is 2.71. The van der Waals surface area contributed by atoms with E-state index in [0.29, 0.717) is 6.04 Å². The van der Waals surface area contributed by atoms with E-state index in [4.69, 9.17) is 0 Å². The van der Waals surface area contributed by atoms with Crippen molar-refractivity contribution in [1.29, 1.82) is 0 Å². The summed E-state index contributed by atoms with van der Waals surface area (Å²) >= 11 is 0.